The third kappa shape index (κ3) is 4.49. The van der Waals surface area contributed by atoms with E-state index in [9.17, 15) is 0 Å². The summed E-state index contributed by atoms with van der Waals surface area (Å²) in [5.74, 6) is 0. The van der Waals surface area contributed by atoms with Crippen molar-refractivity contribution >= 4 is 0 Å². The van der Waals surface area contributed by atoms with Gasteiger partial charge in [0.1, 0.15) is 0 Å². The summed E-state index contributed by atoms with van der Waals surface area (Å²) in [6.07, 6.45) is 1.86. The Morgan fingerprint density at radius 1 is 1.70 bits per heavy atom. The first-order valence-corrected chi connectivity index (χ1v) is 3.64. The van der Waals surface area contributed by atoms with Crippen LogP contribution in [0.3, 0.4) is 0 Å². The molecular formula is C7H17N3. The Kier molecular flexibility index (Phi) is 6.48. The van der Waals surface area contributed by atoms with Gasteiger partial charge in [0.05, 0.1) is 0 Å². The summed E-state index contributed by atoms with van der Waals surface area (Å²) in [5.41, 5.74) is 8.54. The molecule has 0 saturated carbocycles. The zero-order chi connectivity index (χ0) is 7.82. The lowest BCUT2D eigenvalue weighted by atomic mass is 10.5. The Bertz CT molecular complexity index is 76.9. The van der Waals surface area contributed by atoms with Crippen molar-refractivity contribution in [2.45, 2.75) is 6.92 Å². The number of nitrogens with one attached hydrogen (secondary N) is 1. The van der Waals surface area contributed by atoms with E-state index in [4.69, 9.17) is 5.73 Å². The van der Waals surface area contributed by atoms with Crippen molar-refractivity contribution in [1.82, 2.24) is 10.4 Å². The topological polar surface area (TPSA) is 41.3 Å². The lowest BCUT2D eigenvalue weighted by molar-refractivity contribution is 0.221. The van der Waals surface area contributed by atoms with Crippen LogP contribution in [0.4, 0.5) is 0 Å². The van der Waals surface area contributed by atoms with Crippen LogP contribution < -0.4 is 11.2 Å². The van der Waals surface area contributed by atoms with Gasteiger partial charge in [-0.3, -0.25) is 5.43 Å². The molecular weight excluding hydrogens is 126 g/mol. The second kappa shape index (κ2) is 6.74. The van der Waals surface area contributed by atoms with Gasteiger partial charge in [-0.2, -0.15) is 0 Å². The summed E-state index contributed by atoms with van der Waals surface area (Å²) in [7, 11) is 0. The molecule has 0 aliphatic heterocycles. The van der Waals surface area contributed by atoms with Gasteiger partial charge in [0.15, 0.2) is 0 Å². The molecule has 0 rings (SSSR count). The van der Waals surface area contributed by atoms with Crippen molar-refractivity contribution in [3.8, 4) is 0 Å². The number of rotatable bonds is 6. The van der Waals surface area contributed by atoms with Crippen molar-refractivity contribution in [2.24, 2.45) is 5.73 Å². The van der Waals surface area contributed by atoms with Crippen LogP contribution in [-0.4, -0.2) is 31.2 Å². The van der Waals surface area contributed by atoms with E-state index in [2.05, 4.69) is 18.9 Å². The molecule has 3 nitrogen and oxygen atoms in total. The molecule has 3 N–H and O–H groups in total. The number of nitrogens with two attached hydrogens (primary N) is 1. The molecule has 0 unspecified atom stereocenters. The largest absolute Gasteiger partial charge is 0.329 e. The Labute approximate surface area is 62.9 Å². The highest BCUT2D eigenvalue weighted by Crippen LogP contribution is 1.79. The normalized spacial score (nSPS) is 10.3. The Balaban J connectivity index is 3.38. The minimum absolute atomic E-state index is 0.681. The van der Waals surface area contributed by atoms with Gasteiger partial charge in [-0.15, -0.1) is 6.58 Å². The van der Waals surface area contributed by atoms with Crippen molar-refractivity contribution < 1.29 is 0 Å². The van der Waals surface area contributed by atoms with E-state index in [0.717, 1.165) is 19.6 Å². The molecule has 0 aromatic rings. The molecule has 0 heterocycles. The summed E-state index contributed by atoms with van der Waals surface area (Å²) in [4.78, 5) is 0. The Hall–Kier alpha value is -0.380. The maximum absolute atomic E-state index is 5.37. The lowest BCUT2D eigenvalue weighted by Gasteiger charge is -2.19. The van der Waals surface area contributed by atoms with Gasteiger partial charge in [-0.1, -0.05) is 13.0 Å². The third-order valence-electron chi connectivity index (χ3n) is 1.13. The van der Waals surface area contributed by atoms with Crippen LogP contribution in [0.1, 0.15) is 6.92 Å². The van der Waals surface area contributed by atoms with Crippen molar-refractivity contribution in [3.05, 3.63) is 12.7 Å². The Morgan fingerprint density at radius 2 is 2.40 bits per heavy atom. The fraction of sp³-hybridized carbons (Fsp3) is 0.714. The number of nitrogens with zero attached hydrogens (tertiary/aromatic N) is 1. The second-order valence-electron chi connectivity index (χ2n) is 2.04. The molecule has 0 aromatic heterocycles. The number of hydrazine groups is 1. The summed E-state index contributed by atoms with van der Waals surface area (Å²) >= 11 is 0. The molecule has 0 fully saturated rings. The maximum atomic E-state index is 5.37. The molecule has 0 bridgehead atoms. The van der Waals surface area contributed by atoms with Crippen LogP contribution >= 0.6 is 0 Å². The van der Waals surface area contributed by atoms with Crippen LogP contribution in [0.25, 0.3) is 0 Å². The first kappa shape index (κ1) is 9.62. The van der Waals surface area contributed by atoms with Gasteiger partial charge < -0.3 is 5.73 Å². The minimum Gasteiger partial charge on any atom is -0.329 e. The molecule has 0 radical (unpaired) electrons. The highest BCUT2D eigenvalue weighted by Gasteiger charge is 1.96. The summed E-state index contributed by atoms with van der Waals surface area (Å²) in [6, 6.07) is 0. The molecule has 0 amide bonds. The molecule has 0 aliphatic rings. The number of hydrogen-bond donors (Lipinski definition) is 2. The van der Waals surface area contributed by atoms with Gasteiger partial charge in [-0.05, 0) is 0 Å². The molecule has 60 valence electrons. The van der Waals surface area contributed by atoms with Crippen molar-refractivity contribution in [1.29, 1.82) is 0 Å². The van der Waals surface area contributed by atoms with E-state index in [1.165, 1.54) is 0 Å². The summed E-state index contributed by atoms with van der Waals surface area (Å²) in [5, 5.41) is 2.05. The molecule has 0 atom stereocenters. The predicted molar refractivity (Wildman–Crippen MR) is 44.5 cm³/mol. The summed E-state index contributed by atoms with van der Waals surface area (Å²) < 4.78 is 0. The van der Waals surface area contributed by atoms with Crippen LogP contribution in [0.15, 0.2) is 12.7 Å². The van der Waals surface area contributed by atoms with E-state index in [1.807, 2.05) is 11.1 Å². The second-order valence-corrected chi connectivity index (χ2v) is 2.04. The van der Waals surface area contributed by atoms with Gasteiger partial charge in [0, 0.05) is 26.2 Å². The van der Waals surface area contributed by atoms with Crippen LogP contribution in [0.2, 0.25) is 0 Å². The van der Waals surface area contributed by atoms with E-state index >= 15 is 0 Å². The van der Waals surface area contributed by atoms with Crippen molar-refractivity contribution in [2.75, 3.05) is 26.2 Å². The van der Waals surface area contributed by atoms with Gasteiger partial charge in [0.2, 0.25) is 0 Å². The Morgan fingerprint density at radius 3 is 2.80 bits per heavy atom. The predicted octanol–water partition coefficient (Wildman–Crippen LogP) is -0.0424. The maximum Gasteiger partial charge on any atom is 0.0309 e. The first-order chi connectivity index (χ1) is 4.85. The fourth-order valence-electron chi connectivity index (χ4n) is 0.770. The van der Waals surface area contributed by atoms with E-state index in [0.29, 0.717) is 6.54 Å². The van der Waals surface area contributed by atoms with Gasteiger partial charge in [0.25, 0.3) is 0 Å². The molecule has 0 aromatic carbocycles. The zero-order valence-corrected chi connectivity index (χ0v) is 6.64. The SMILES string of the molecule is C=CCN(CCN)NCC. The zero-order valence-electron chi connectivity index (χ0n) is 6.64. The van der Waals surface area contributed by atoms with Crippen LogP contribution in [-0.2, 0) is 0 Å². The van der Waals surface area contributed by atoms with E-state index in [-0.39, 0.29) is 0 Å². The molecule has 0 saturated heterocycles. The molecule has 10 heavy (non-hydrogen) atoms. The van der Waals surface area contributed by atoms with Crippen molar-refractivity contribution in [3.63, 3.8) is 0 Å². The minimum atomic E-state index is 0.681. The smallest absolute Gasteiger partial charge is 0.0309 e. The monoisotopic (exact) mass is 143 g/mol. The average molecular weight is 143 g/mol. The van der Waals surface area contributed by atoms with Crippen LogP contribution in [0.5, 0.6) is 0 Å². The first-order valence-electron chi connectivity index (χ1n) is 3.64. The van der Waals surface area contributed by atoms with E-state index < -0.39 is 0 Å². The van der Waals surface area contributed by atoms with Gasteiger partial charge in [-0.25, -0.2) is 5.01 Å². The highest BCUT2D eigenvalue weighted by atomic mass is 15.5. The molecule has 0 spiro atoms. The standard InChI is InChI=1S/C7H17N3/c1-3-6-10(7-5-8)9-4-2/h3,9H,1,4-8H2,2H3. The van der Waals surface area contributed by atoms with Crippen LogP contribution in [0, 0.1) is 0 Å². The summed E-state index contributed by atoms with van der Waals surface area (Å²) in [6.45, 7) is 9.05. The third-order valence-corrected chi connectivity index (χ3v) is 1.13. The fourth-order valence-corrected chi connectivity index (χ4v) is 0.770. The quantitative estimate of drug-likeness (QED) is 0.405. The van der Waals surface area contributed by atoms with Gasteiger partial charge >= 0.3 is 0 Å². The van der Waals surface area contributed by atoms with E-state index in [1.54, 1.807) is 0 Å². The average Bonchev–Trinajstić information content (AvgIpc) is 1.90. The molecule has 3 heteroatoms. The lowest BCUT2D eigenvalue weighted by Crippen LogP contribution is -2.41. The highest BCUT2D eigenvalue weighted by molar-refractivity contribution is 4.70. The number of hydrogen-bond acceptors (Lipinski definition) is 3. The molecule has 0 aliphatic carbocycles.